The Morgan fingerprint density at radius 3 is 2.45 bits per heavy atom. The fourth-order valence-electron chi connectivity index (χ4n) is 6.32. The molecule has 2 aliphatic heterocycles. The molecule has 2 fully saturated rings. The van der Waals surface area contributed by atoms with E-state index in [2.05, 4.69) is 22.4 Å². The van der Waals surface area contributed by atoms with Crippen LogP contribution in [0.5, 0.6) is 0 Å². The quantitative estimate of drug-likeness (QED) is 0.346. The molecule has 2 saturated heterocycles. The van der Waals surface area contributed by atoms with Crippen LogP contribution in [0.2, 0.25) is 0 Å². The van der Waals surface area contributed by atoms with Crippen LogP contribution in [0.1, 0.15) is 36.4 Å². The summed E-state index contributed by atoms with van der Waals surface area (Å²) < 4.78 is 3.23. The number of para-hydroxylation sites is 1. The van der Waals surface area contributed by atoms with Gasteiger partial charge in [0.2, 0.25) is 5.91 Å². The van der Waals surface area contributed by atoms with Crippen LogP contribution in [-0.2, 0) is 17.9 Å². The summed E-state index contributed by atoms with van der Waals surface area (Å²) in [6.45, 7) is 2.36. The first kappa shape index (κ1) is 26.4. The van der Waals surface area contributed by atoms with Crippen molar-refractivity contribution in [3.05, 3.63) is 94.7 Å². The van der Waals surface area contributed by atoms with Gasteiger partial charge in [-0.25, -0.2) is 4.98 Å². The molecule has 0 aliphatic carbocycles. The van der Waals surface area contributed by atoms with Gasteiger partial charge < -0.3 is 20.4 Å². The average Bonchev–Trinajstić information content (AvgIpc) is 3.39. The van der Waals surface area contributed by atoms with Gasteiger partial charge in [0.1, 0.15) is 6.33 Å². The molecule has 4 aromatic rings. The number of hydrogen-bond acceptors (Lipinski definition) is 6. The summed E-state index contributed by atoms with van der Waals surface area (Å²) in [4.78, 5) is 33.5. The van der Waals surface area contributed by atoms with Crippen LogP contribution in [0.4, 0.5) is 0 Å². The van der Waals surface area contributed by atoms with Crippen molar-refractivity contribution in [1.82, 2.24) is 24.3 Å². The first-order chi connectivity index (χ1) is 19.5. The van der Waals surface area contributed by atoms with E-state index in [1.54, 1.807) is 10.6 Å². The molecule has 40 heavy (non-hydrogen) atoms. The van der Waals surface area contributed by atoms with Crippen LogP contribution in [-0.4, -0.2) is 66.9 Å². The Hall–Kier alpha value is -3.79. The second kappa shape index (κ2) is 11.0. The lowest BCUT2D eigenvalue weighted by Gasteiger charge is -2.41. The molecule has 1 amide bonds. The Morgan fingerprint density at radius 2 is 1.75 bits per heavy atom. The van der Waals surface area contributed by atoms with E-state index in [0.29, 0.717) is 42.7 Å². The summed E-state index contributed by atoms with van der Waals surface area (Å²) >= 11 is 0. The van der Waals surface area contributed by atoms with Gasteiger partial charge in [0.05, 0.1) is 29.8 Å². The summed E-state index contributed by atoms with van der Waals surface area (Å²) in [5, 5.41) is 25.2. The lowest BCUT2D eigenvalue weighted by molar-refractivity contribution is -0.141. The van der Waals surface area contributed by atoms with Gasteiger partial charge in [-0.1, -0.05) is 48.5 Å². The van der Waals surface area contributed by atoms with Crippen molar-refractivity contribution in [2.45, 2.75) is 43.9 Å². The number of carbonyl (C=O) groups is 1. The number of nitrogens with zero attached hydrogens (tertiary/aromatic N) is 4. The minimum absolute atomic E-state index is 0.0848. The number of hydrogen-bond donors (Lipinski definition) is 3. The molecule has 3 N–H and O–H groups in total. The molecular weight excluding hydrogens is 506 g/mol. The van der Waals surface area contributed by atoms with Crippen molar-refractivity contribution >= 4 is 16.9 Å². The van der Waals surface area contributed by atoms with Gasteiger partial charge in [-0.05, 0) is 49.6 Å². The van der Waals surface area contributed by atoms with Gasteiger partial charge >= 0.3 is 0 Å². The lowest BCUT2D eigenvalue weighted by atomic mass is 9.80. The molecule has 4 heterocycles. The first-order valence-electron chi connectivity index (χ1n) is 14.0. The van der Waals surface area contributed by atoms with Crippen molar-refractivity contribution in [3.8, 4) is 5.69 Å². The third kappa shape index (κ3) is 4.96. The van der Waals surface area contributed by atoms with Crippen molar-refractivity contribution in [1.29, 1.82) is 0 Å². The molecule has 9 heteroatoms. The number of nitrogens with one attached hydrogen (secondary N) is 1. The third-order valence-corrected chi connectivity index (χ3v) is 8.54. The van der Waals surface area contributed by atoms with Gasteiger partial charge in [-0.2, -0.15) is 0 Å². The molecule has 0 unspecified atom stereocenters. The SMILES string of the molecule is O=C([C@@H]1CCNC[C@H]1c1ccccc1)N1CCC(O)(Cn2cnc3c(cc(CO)n3-c3ccccc3)c2=O)CC1. The molecule has 2 aliphatic rings. The Bertz CT molecular complexity index is 1540. The largest absolute Gasteiger partial charge is 0.390 e. The third-order valence-electron chi connectivity index (χ3n) is 8.54. The Balaban J connectivity index is 1.18. The highest BCUT2D eigenvalue weighted by Gasteiger charge is 2.39. The number of piperidine rings is 2. The molecule has 9 nitrogen and oxygen atoms in total. The molecule has 2 aromatic carbocycles. The van der Waals surface area contributed by atoms with Crippen LogP contribution >= 0.6 is 0 Å². The number of likely N-dealkylation sites (tertiary alicyclic amines) is 1. The summed E-state index contributed by atoms with van der Waals surface area (Å²) in [6.07, 6.45) is 3.03. The van der Waals surface area contributed by atoms with E-state index in [1.165, 1.54) is 16.5 Å². The van der Waals surface area contributed by atoms with E-state index in [-0.39, 0.29) is 36.5 Å². The minimum Gasteiger partial charge on any atom is -0.390 e. The first-order valence-corrected chi connectivity index (χ1v) is 14.0. The van der Waals surface area contributed by atoms with E-state index < -0.39 is 5.60 Å². The molecule has 2 aromatic heterocycles. The van der Waals surface area contributed by atoms with Crippen molar-refractivity contribution < 1.29 is 15.0 Å². The van der Waals surface area contributed by atoms with Gasteiger partial charge in [0.15, 0.2) is 5.65 Å². The lowest BCUT2D eigenvalue weighted by Crippen LogP contribution is -2.52. The molecule has 0 radical (unpaired) electrons. The van der Waals surface area contributed by atoms with Gasteiger partial charge in [-0.3, -0.25) is 18.7 Å². The molecule has 6 rings (SSSR count). The zero-order chi connectivity index (χ0) is 27.7. The number of carbonyl (C=O) groups excluding carboxylic acids is 1. The fourth-order valence-corrected chi connectivity index (χ4v) is 6.32. The molecule has 0 saturated carbocycles. The van der Waals surface area contributed by atoms with E-state index in [4.69, 9.17) is 0 Å². The van der Waals surface area contributed by atoms with Crippen LogP contribution < -0.4 is 10.9 Å². The van der Waals surface area contributed by atoms with E-state index in [1.807, 2.05) is 53.4 Å². The Labute approximate surface area is 232 Å². The number of fused-ring (bicyclic) bond motifs is 1. The van der Waals surface area contributed by atoms with Crippen molar-refractivity contribution in [2.24, 2.45) is 5.92 Å². The number of aliphatic hydroxyl groups excluding tert-OH is 1. The average molecular weight is 542 g/mol. The summed E-state index contributed by atoms with van der Waals surface area (Å²) in [5.41, 5.74) is 1.64. The highest BCUT2D eigenvalue weighted by molar-refractivity contribution is 5.80. The second-order valence-electron chi connectivity index (χ2n) is 11.0. The summed E-state index contributed by atoms with van der Waals surface area (Å²) in [6, 6.07) is 21.4. The summed E-state index contributed by atoms with van der Waals surface area (Å²) in [7, 11) is 0. The van der Waals surface area contributed by atoms with Gasteiger partial charge in [0, 0.05) is 37.2 Å². The van der Waals surface area contributed by atoms with Crippen LogP contribution in [0.15, 0.2) is 77.9 Å². The highest BCUT2D eigenvalue weighted by Crippen LogP contribution is 2.33. The number of aliphatic hydroxyl groups is 2. The topological polar surface area (TPSA) is 113 Å². The van der Waals surface area contributed by atoms with E-state index >= 15 is 0 Å². The number of amides is 1. The number of aromatic nitrogens is 3. The fraction of sp³-hybridized carbons (Fsp3) is 0.387. The van der Waals surface area contributed by atoms with Crippen LogP contribution in [0.25, 0.3) is 16.7 Å². The maximum Gasteiger partial charge on any atom is 0.262 e. The molecule has 0 spiro atoms. The molecule has 208 valence electrons. The predicted molar refractivity (Wildman–Crippen MR) is 152 cm³/mol. The second-order valence-corrected chi connectivity index (χ2v) is 11.0. The van der Waals surface area contributed by atoms with Crippen molar-refractivity contribution in [2.75, 3.05) is 26.2 Å². The van der Waals surface area contributed by atoms with Crippen LogP contribution in [0.3, 0.4) is 0 Å². The monoisotopic (exact) mass is 541 g/mol. The molecular formula is C31H35N5O4. The van der Waals surface area contributed by atoms with E-state index in [0.717, 1.165) is 25.2 Å². The summed E-state index contributed by atoms with van der Waals surface area (Å²) in [5.74, 6) is 0.196. The highest BCUT2D eigenvalue weighted by atomic mass is 16.3. The minimum atomic E-state index is -1.12. The predicted octanol–water partition coefficient (Wildman–Crippen LogP) is 2.43. The van der Waals surface area contributed by atoms with Crippen LogP contribution in [0, 0.1) is 5.92 Å². The zero-order valence-corrected chi connectivity index (χ0v) is 22.4. The smallest absolute Gasteiger partial charge is 0.262 e. The normalized spacial score (nSPS) is 21.0. The van der Waals surface area contributed by atoms with Crippen molar-refractivity contribution in [3.63, 3.8) is 0 Å². The molecule has 0 bridgehead atoms. The van der Waals surface area contributed by atoms with Gasteiger partial charge in [0.25, 0.3) is 5.56 Å². The maximum absolute atomic E-state index is 13.6. The number of rotatable bonds is 6. The zero-order valence-electron chi connectivity index (χ0n) is 22.4. The van der Waals surface area contributed by atoms with Gasteiger partial charge in [-0.15, -0.1) is 0 Å². The standard InChI is InChI=1S/C31H35N5O4/c37-19-24-17-26-28(36(24)23-9-5-2-6-10-23)33-21-35(30(26)39)20-31(40)12-15-34(16-13-31)29(38)25-11-14-32-18-27(25)22-7-3-1-4-8-22/h1-10,17,21,25,27,32,37,40H,11-16,18-20H2/t25-,27+/m1/s1. The Kier molecular flexibility index (Phi) is 7.27. The maximum atomic E-state index is 13.6. The Morgan fingerprint density at radius 1 is 1.05 bits per heavy atom. The molecule has 2 atom stereocenters. The van der Waals surface area contributed by atoms with E-state index in [9.17, 15) is 19.8 Å². The number of benzene rings is 2.